The van der Waals surface area contributed by atoms with Crippen molar-refractivity contribution in [3.63, 3.8) is 0 Å². The third-order valence-electron chi connectivity index (χ3n) is 2.32. The molecule has 0 aliphatic heterocycles. The van der Waals surface area contributed by atoms with Crippen molar-refractivity contribution in [1.82, 2.24) is 9.97 Å². The molecule has 0 bridgehead atoms. The van der Waals surface area contributed by atoms with Crippen LogP contribution in [0.5, 0.6) is 11.6 Å². The zero-order valence-corrected chi connectivity index (χ0v) is 10.9. The maximum Gasteiger partial charge on any atom is 0.226 e. The Morgan fingerprint density at radius 1 is 1.11 bits per heavy atom. The zero-order chi connectivity index (χ0) is 13.3. The summed E-state index contributed by atoms with van der Waals surface area (Å²) in [4.78, 5) is 8.32. The summed E-state index contributed by atoms with van der Waals surface area (Å²) in [7, 11) is 0. The molecule has 5 nitrogen and oxygen atoms in total. The minimum absolute atomic E-state index is 0.544. The summed E-state index contributed by atoms with van der Waals surface area (Å²) in [5.41, 5.74) is 0. The number of benzene rings is 1. The Bertz CT molecular complexity index is 491. The molecule has 100 valence electrons. The number of hydrogen-bond donors (Lipinski definition) is 1. The molecule has 0 saturated heterocycles. The number of rotatable bonds is 7. The molecule has 19 heavy (non-hydrogen) atoms. The molecule has 1 aromatic carbocycles. The molecule has 2 rings (SSSR count). The van der Waals surface area contributed by atoms with Crippen molar-refractivity contribution >= 4 is 5.95 Å². The molecule has 0 aliphatic rings. The van der Waals surface area contributed by atoms with Crippen molar-refractivity contribution < 1.29 is 9.47 Å². The summed E-state index contributed by atoms with van der Waals surface area (Å²) in [6.45, 7) is 3.69. The third-order valence-corrected chi connectivity index (χ3v) is 2.32. The Kier molecular flexibility index (Phi) is 4.98. The van der Waals surface area contributed by atoms with E-state index in [9.17, 15) is 0 Å². The van der Waals surface area contributed by atoms with Gasteiger partial charge >= 0.3 is 0 Å². The van der Waals surface area contributed by atoms with Gasteiger partial charge in [-0.1, -0.05) is 18.2 Å². The molecular weight excluding hydrogens is 242 g/mol. The molecule has 5 heteroatoms. The first-order chi connectivity index (χ1) is 9.38. The van der Waals surface area contributed by atoms with Gasteiger partial charge in [-0.15, -0.1) is 0 Å². The topological polar surface area (TPSA) is 56.3 Å². The van der Waals surface area contributed by atoms with Gasteiger partial charge in [0.25, 0.3) is 0 Å². The van der Waals surface area contributed by atoms with E-state index in [-0.39, 0.29) is 0 Å². The van der Waals surface area contributed by atoms with Gasteiger partial charge < -0.3 is 14.8 Å². The van der Waals surface area contributed by atoms with E-state index in [1.807, 2.05) is 37.3 Å². The highest BCUT2D eigenvalue weighted by Crippen LogP contribution is 2.09. The minimum atomic E-state index is 0.544. The van der Waals surface area contributed by atoms with Crippen molar-refractivity contribution in [3.05, 3.63) is 42.6 Å². The van der Waals surface area contributed by atoms with Crippen LogP contribution in [0.1, 0.15) is 6.92 Å². The molecule has 1 N–H and O–H groups in total. The van der Waals surface area contributed by atoms with Crippen LogP contribution in [0.3, 0.4) is 0 Å². The van der Waals surface area contributed by atoms with Crippen LogP contribution >= 0.6 is 0 Å². The highest BCUT2D eigenvalue weighted by atomic mass is 16.5. The third kappa shape index (κ3) is 4.46. The van der Waals surface area contributed by atoms with Gasteiger partial charge in [0.05, 0.1) is 13.2 Å². The summed E-state index contributed by atoms with van der Waals surface area (Å²) < 4.78 is 10.9. The van der Waals surface area contributed by atoms with E-state index in [4.69, 9.17) is 9.47 Å². The first kappa shape index (κ1) is 13.1. The smallest absolute Gasteiger partial charge is 0.226 e. The van der Waals surface area contributed by atoms with Crippen LogP contribution in [0, 0.1) is 0 Å². The summed E-state index contributed by atoms with van der Waals surface area (Å²) in [6.07, 6.45) is 1.67. The highest BCUT2D eigenvalue weighted by Gasteiger charge is 1.99. The molecule has 0 atom stereocenters. The van der Waals surface area contributed by atoms with Crippen molar-refractivity contribution in [2.45, 2.75) is 6.92 Å². The number of nitrogens with zero attached hydrogens (tertiary/aromatic N) is 2. The second kappa shape index (κ2) is 7.20. The van der Waals surface area contributed by atoms with Crippen LogP contribution in [-0.2, 0) is 0 Å². The molecule has 0 radical (unpaired) electrons. The molecule has 0 saturated carbocycles. The molecule has 1 aromatic heterocycles. The van der Waals surface area contributed by atoms with Crippen LogP contribution in [0.4, 0.5) is 5.95 Å². The normalized spacial score (nSPS) is 9.95. The van der Waals surface area contributed by atoms with Crippen molar-refractivity contribution in [1.29, 1.82) is 0 Å². The predicted molar refractivity (Wildman–Crippen MR) is 73.6 cm³/mol. The van der Waals surface area contributed by atoms with E-state index in [2.05, 4.69) is 15.3 Å². The van der Waals surface area contributed by atoms with Gasteiger partial charge in [0.15, 0.2) is 0 Å². The molecule has 0 unspecified atom stereocenters. The predicted octanol–water partition coefficient (Wildman–Crippen LogP) is 2.37. The maximum atomic E-state index is 5.56. The second-order valence-electron chi connectivity index (χ2n) is 3.74. The standard InChI is InChI=1S/C14H17N3O2/c1-2-18-13-8-9-15-14(17-13)16-10-11-19-12-6-4-3-5-7-12/h3-9H,2,10-11H2,1H3,(H,15,16,17). The number of para-hydroxylation sites is 1. The Morgan fingerprint density at radius 2 is 1.95 bits per heavy atom. The monoisotopic (exact) mass is 259 g/mol. The molecule has 2 aromatic rings. The average molecular weight is 259 g/mol. The lowest BCUT2D eigenvalue weighted by atomic mass is 10.3. The number of anilines is 1. The van der Waals surface area contributed by atoms with Crippen molar-refractivity contribution in [3.8, 4) is 11.6 Å². The van der Waals surface area contributed by atoms with Gasteiger partial charge in [-0.25, -0.2) is 4.98 Å². The van der Waals surface area contributed by atoms with Crippen LogP contribution in [-0.4, -0.2) is 29.7 Å². The Labute approximate surface area is 112 Å². The van der Waals surface area contributed by atoms with E-state index in [1.165, 1.54) is 0 Å². The van der Waals surface area contributed by atoms with Crippen LogP contribution < -0.4 is 14.8 Å². The van der Waals surface area contributed by atoms with Gasteiger partial charge in [-0.05, 0) is 19.1 Å². The van der Waals surface area contributed by atoms with Crippen molar-refractivity contribution in [2.24, 2.45) is 0 Å². The Hall–Kier alpha value is -2.30. The fourth-order valence-corrected chi connectivity index (χ4v) is 1.50. The molecule has 0 aliphatic carbocycles. The first-order valence-electron chi connectivity index (χ1n) is 6.26. The quantitative estimate of drug-likeness (QED) is 0.774. The summed E-state index contributed by atoms with van der Waals surface area (Å²) in [5, 5.41) is 3.09. The Morgan fingerprint density at radius 3 is 2.74 bits per heavy atom. The number of nitrogens with one attached hydrogen (secondary N) is 1. The van der Waals surface area contributed by atoms with Gasteiger partial charge in [0, 0.05) is 12.3 Å². The number of ether oxygens (including phenoxy) is 2. The van der Waals surface area contributed by atoms with Gasteiger partial charge in [-0.3, -0.25) is 0 Å². The van der Waals surface area contributed by atoms with Crippen molar-refractivity contribution in [2.75, 3.05) is 25.1 Å². The van der Waals surface area contributed by atoms with E-state index in [0.717, 1.165) is 5.75 Å². The number of aromatic nitrogens is 2. The number of hydrogen-bond acceptors (Lipinski definition) is 5. The Balaban J connectivity index is 1.75. The van der Waals surface area contributed by atoms with Crippen LogP contribution in [0.2, 0.25) is 0 Å². The van der Waals surface area contributed by atoms with Gasteiger partial charge in [0.1, 0.15) is 12.4 Å². The van der Waals surface area contributed by atoms with Crippen LogP contribution in [0.15, 0.2) is 42.6 Å². The molecule has 1 heterocycles. The summed E-state index contributed by atoms with van der Waals surface area (Å²) in [6, 6.07) is 11.4. The molecule has 0 spiro atoms. The lowest BCUT2D eigenvalue weighted by Crippen LogP contribution is -2.13. The summed E-state index contributed by atoms with van der Waals surface area (Å²) in [5.74, 6) is 1.97. The fraction of sp³-hybridized carbons (Fsp3) is 0.286. The molecule has 0 amide bonds. The SMILES string of the molecule is CCOc1ccnc(NCCOc2ccccc2)n1. The lowest BCUT2D eigenvalue weighted by molar-refractivity contribution is 0.325. The molecular formula is C14H17N3O2. The fourth-order valence-electron chi connectivity index (χ4n) is 1.50. The van der Waals surface area contributed by atoms with E-state index < -0.39 is 0 Å². The molecule has 0 fully saturated rings. The second-order valence-corrected chi connectivity index (χ2v) is 3.74. The van der Waals surface area contributed by atoms with Crippen LogP contribution in [0.25, 0.3) is 0 Å². The largest absolute Gasteiger partial charge is 0.492 e. The average Bonchev–Trinajstić information content (AvgIpc) is 2.46. The lowest BCUT2D eigenvalue weighted by Gasteiger charge is -2.08. The van der Waals surface area contributed by atoms with E-state index >= 15 is 0 Å². The zero-order valence-electron chi connectivity index (χ0n) is 10.9. The van der Waals surface area contributed by atoms with Gasteiger partial charge in [-0.2, -0.15) is 4.98 Å². The first-order valence-corrected chi connectivity index (χ1v) is 6.26. The summed E-state index contributed by atoms with van der Waals surface area (Å²) >= 11 is 0. The van der Waals surface area contributed by atoms with E-state index in [0.29, 0.717) is 31.6 Å². The maximum absolute atomic E-state index is 5.56. The minimum Gasteiger partial charge on any atom is -0.492 e. The van der Waals surface area contributed by atoms with Gasteiger partial charge in [0.2, 0.25) is 11.8 Å². The van der Waals surface area contributed by atoms with E-state index in [1.54, 1.807) is 12.3 Å². The highest BCUT2D eigenvalue weighted by molar-refractivity contribution is 5.27.